The van der Waals surface area contributed by atoms with Crippen LogP contribution in [-0.4, -0.2) is 47.5 Å². The van der Waals surface area contributed by atoms with Gasteiger partial charge in [-0.05, 0) is 6.92 Å². The van der Waals surface area contributed by atoms with Crippen LogP contribution >= 0.6 is 0 Å². The van der Waals surface area contributed by atoms with Crippen LogP contribution in [-0.2, 0) is 4.74 Å². The number of benzene rings is 1. The Hall–Kier alpha value is -1.59. The number of morpholine rings is 1. The second kappa shape index (κ2) is 6.45. The van der Waals surface area contributed by atoms with Crippen molar-refractivity contribution in [2.24, 2.45) is 0 Å². The van der Waals surface area contributed by atoms with Crippen molar-refractivity contribution >= 4 is 17.3 Å². The van der Waals surface area contributed by atoms with Crippen molar-refractivity contribution in [3.8, 4) is 0 Å². The maximum atomic E-state index is 12.3. The number of rotatable bonds is 3. The molecular formula is C12H17N3O6. The molecule has 9 nitrogen and oxygen atoms in total. The van der Waals surface area contributed by atoms with Crippen molar-refractivity contribution in [3.05, 3.63) is 33.7 Å². The van der Waals surface area contributed by atoms with Gasteiger partial charge >= 0.3 is 0 Å². The Morgan fingerprint density at radius 3 is 2.10 bits per heavy atom. The van der Waals surface area contributed by atoms with Gasteiger partial charge in [0, 0.05) is 25.2 Å². The standard InChI is InChI=1S/C12H17N3O6/c1-8-10(14(17)18)6-9(7-11(8)15(19)20)12(16)13-2-4-21-5-3-13/h6-7,14-15,17,19H,2-5H2,1H3. The van der Waals surface area contributed by atoms with E-state index in [9.17, 15) is 15.2 Å². The molecule has 116 valence electrons. The minimum absolute atomic E-state index is 0.0669. The first-order valence-corrected chi connectivity index (χ1v) is 6.40. The predicted octanol–water partition coefficient (Wildman–Crippen LogP) is -1.73. The molecular weight excluding hydrogens is 282 g/mol. The fraction of sp³-hybridized carbons (Fsp3) is 0.417. The molecule has 1 aliphatic rings. The molecule has 1 amide bonds. The molecule has 2 unspecified atom stereocenters. The molecule has 1 fully saturated rings. The van der Waals surface area contributed by atoms with Gasteiger partial charge in [-0.2, -0.15) is 10.5 Å². The highest BCUT2D eigenvalue weighted by atomic mass is 16.8. The third-order valence-corrected chi connectivity index (χ3v) is 3.41. The fourth-order valence-electron chi connectivity index (χ4n) is 2.23. The lowest BCUT2D eigenvalue weighted by Gasteiger charge is -2.27. The summed E-state index contributed by atoms with van der Waals surface area (Å²) in [6, 6.07) is 2.45. The first-order valence-electron chi connectivity index (χ1n) is 6.40. The molecule has 4 N–H and O–H groups in total. The fourth-order valence-corrected chi connectivity index (χ4v) is 2.23. The van der Waals surface area contributed by atoms with Gasteiger partial charge in [0.25, 0.3) is 5.91 Å². The lowest BCUT2D eigenvalue weighted by atomic mass is 10.1. The quantitative estimate of drug-likeness (QED) is 0.492. The van der Waals surface area contributed by atoms with Crippen LogP contribution in [0.2, 0.25) is 0 Å². The average Bonchev–Trinajstić information content (AvgIpc) is 2.47. The van der Waals surface area contributed by atoms with E-state index in [0.29, 0.717) is 26.3 Å². The Morgan fingerprint density at radius 1 is 1.19 bits per heavy atom. The van der Waals surface area contributed by atoms with Gasteiger partial charge in [0.2, 0.25) is 0 Å². The number of carbonyl (C=O) groups is 1. The number of amides is 1. The Kier molecular flexibility index (Phi) is 4.85. The average molecular weight is 299 g/mol. The number of hydrogen-bond donors (Lipinski definition) is 4. The number of nitrogens with zero attached hydrogens (tertiary/aromatic N) is 1. The number of nitrogens with one attached hydrogen (secondary N) is 2. The van der Waals surface area contributed by atoms with Crippen LogP contribution in [0, 0.1) is 17.3 Å². The summed E-state index contributed by atoms with van der Waals surface area (Å²) in [5.74, 6) is -0.386. The van der Waals surface area contributed by atoms with E-state index >= 15 is 0 Å². The third kappa shape index (κ3) is 3.36. The Morgan fingerprint density at radius 2 is 1.67 bits per heavy atom. The monoisotopic (exact) mass is 299 g/mol. The molecule has 0 saturated carbocycles. The summed E-state index contributed by atoms with van der Waals surface area (Å²) < 4.78 is 5.15. The maximum absolute atomic E-state index is 12.3. The normalized spacial score (nSPS) is 18.4. The summed E-state index contributed by atoms with van der Waals surface area (Å²) in [7, 11) is 0. The molecule has 1 heterocycles. The molecule has 1 aromatic carbocycles. The molecule has 1 aliphatic heterocycles. The van der Waals surface area contributed by atoms with Crippen LogP contribution in [0.1, 0.15) is 15.9 Å². The van der Waals surface area contributed by atoms with Gasteiger partial charge in [0.15, 0.2) is 11.4 Å². The predicted molar refractivity (Wildman–Crippen MR) is 69.5 cm³/mol. The van der Waals surface area contributed by atoms with Gasteiger partial charge in [0.1, 0.15) is 0 Å². The second-order valence-electron chi connectivity index (χ2n) is 4.71. The zero-order valence-corrected chi connectivity index (χ0v) is 11.5. The lowest BCUT2D eigenvalue weighted by molar-refractivity contribution is -0.996. The first kappa shape index (κ1) is 15.8. The van der Waals surface area contributed by atoms with E-state index in [2.05, 4.69) is 0 Å². The maximum Gasteiger partial charge on any atom is 0.254 e. The van der Waals surface area contributed by atoms with Crippen molar-refractivity contribution in [2.45, 2.75) is 6.92 Å². The molecule has 0 spiro atoms. The van der Waals surface area contributed by atoms with Gasteiger partial charge < -0.3 is 20.1 Å². The first-order chi connectivity index (χ1) is 9.91. The third-order valence-electron chi connectivity index (χ3n) is 3.41. The van der Waals surface area contributed by atoms with E-state index in [4.69, 9.17) is 15.2 Å². The van der Waals surface area contributed by atoms with Crippen LogP contribution < -0.4 is 10.5 Å². The molecule has 0 aromatic heterocycles. The van der Waals surface area contributed by atoms with Crippen LogP contribution in [0.4, 0.5) is 11.4 Å². The zero-order chi connectivity index (χ0) is 15.6. The van der Waals surface area contributed by atoms with Gasteiger partial charge in [-0.15, -0.1) is 0 Å². The summed E-state index contributed by atoms with van der Waals surface area (Å²) in [6.07, 6.45) is 0. The van der Waals surface area contributed by atoms with Gasteiger partial charge in [0.05, 0.1) is 24.3 Å². The Labute approximate surface area is 120 Å². The van der Waals surface area contributed by atoms with Crippen molar-refractivity contribution in [1.82, 2.24) is 4.90 Å². The highest BCUT2D eigenvalue weighted by Crippen LogP contribution is 2.22. The molecule has 1 aromatic rings. The van der Waals surface area contributed by atoms with Crippen molar-refractivity contribution in [3.63, 3.8) is 0 Å². The van der Waals surface area contributed by atoms with Crippen molar-refractivity contribution < 1.29 is 30.4 Å². The molecule has 2 atom stereocenters. The smallest absolute Gasteiger partial charge is 0.254 e. The van der Waals surface area contributed by atoms with E-state index in [1.165, 1.54) is 24.0 Å². The van der Waals surface area contributed by atoms with Gasteiger partial charge in [-0.1, -0.05) is 0 Å². The molecule has 0 aliphatic carbocycles. The molecule has 21 heavy (non-hydrogen) atoms. The van der Waals surface area contributed by atoms with Crippen molar-refractivity contribution in [2.75, 3.05) is 26.3 Å². The molecule has 0 radical (unpaired) electrons. The lowest BCUT2D eigenvalue weighted by Crippen LogP contribution is -3.01. The minimum Gasteiger partial charge on any atom is -0.595 e. The van der Waals surface area contributed by atoms with Gasteiger partial charge in [-0.3, -0.25) is 4.79 Å². The summed E-state index contributed by atoms with van der Waals surface area (Å²) in [5.41, 5.74) is -0.149. The summed E-state index contributed by atoms with van der Waals surface area (Å²) in [5, 5.41) is 38.2. The second-order valence-corrected chi connectivity index (χ2v) is 4.71. The summed E-state index contributed by atoms with van der Waals surface area (Å²) in [6.45, 7) is 3.04. The Balaban J connectivity index is 2.40. The largest absolute Gasteiger partial charge is 0.595 e. The van der Waals surface area contributed by atoms with E-state index in [-0.39, 0.29) is 28.4 Å². The zero-order valence-electron chi connectivity index (χ0n) is 11.5. The number of quaternary nitrogens is 2. The van der Waals surface area contributed by atoms with Crippen LogP contribution in [0.5, 0.6) is 0 Å². The minimum atomic E-state index is -1.26. The Bertz CT molecular complexity index is 499. The highest BCUT2D eigenvalue weighted by Gasteiger charge is 2.24. The topological polar surface area (TPSA) is 125 Å². The SMILES string of the molecule is Cc1c([NH+]([O-])O)cc(C(=O)N2CCOCC2)cc1[NH+]([O-])O. The van der Waals surface area contributed by atoms with Gasteiger partial charge in [-0.25, -0.2) is 10.4 Å². The molecule has 1 saturated heterocycles. The van der Waals surface area contributed by atoms with E-state index in [0.717, 1.165) is 0 Å². The van der Waals surface area contributed by atoms with E-state index in [1.54, 1.807) is 0 Å². The van der Waals surface area contributed by atoms with E-state index in [1.807, 2.05) is 0 Å². The number of hydrogen-bond acceptors (Lipinski definition) is 6. The highest BCUT2D eigenvalue weighted by molar-refractivity contribution is 5.96. The van der Waals surface area contributed by atoms with E-state index < -0.39 is 10.5 Å². The number of ether oxygens (including phenoxy) is 1. The van der Waals surface area contributed by atoms with Crippen LogP contribution in [0.25, 0.3) is 0 Å². The van der Waals surface area contributed by atoms with Crippen molar-refractivity contribution in [1.29, 1.82) is 0 Å². The van der Waals surface area contributed by atoms with Crippen LogP contribution in [0.15, 0.2) is 12.1 Å². The summed E-state index contributed by atoms with van der Waals surface area (Å²) >= 11 is 0. The molecule has 2 rings (SSSR count). The number of carbonyl (C=O) groups excluding carboxylic acids is 1. The molecule has 9 heteroatoms. The van der Waals surface area contributed by atoms with Crippen LogP contribution in [0.3, 0.4) is 0 Å². The summed E-state index contributed by atoms with van der Waals surface area (Å²) in [4.78, 5) is 13.9. The molecule has 0 bridgehead atoms.